The van der Waals surface area contributed by atoms with Crippen LogP contribution in [0.25, 0.3) is 0 Å². The van der Waals surface area contributed by atoms with E-state index < -0.39 is 11.9 Å². The van der Waals surface area contributed by atoms with Gasteiger partial charge in [0.15, 0.2) is 6.29 Å². The lowest BCUT2D eigenvalue weighted by molar-refractivity contribution is -0.134. The molecule has 2 aromatic carbocycles. The number of carboxylic acids is 2. The average molecular weight is 597 g/mol. The van der Waals surface area contributed by atoms with E-state index in [1.54, 1.807) is 23.9 Å². The Morgan fingerprint density at radius 3 is 2.40 bits per heavy atom. The number of rotatable bonds is 6. The van der Waals surface area contributed by atoms with Crippen molar-refractivity contribution in [1.82, 2.24) is 9.80 Å². The van der Waals surface area contributed by atoms with Gasteiger partial charge in [0, 0.05) is 72.2 Å². The normalized spacial score (nSPS) is 22.8. The Morgan fingerprint density at radius 2 is 1.77 bits per heavy atom. The molecule has 40 heavy (non-hydrogen) atoms. The smallest absolute Gasteiger partial charge is 0.328 e. The van der Waals surface area contributed by atoms with Crippen molar-refractivity contribution in [1.29, 1.82) is 0 Å². The molecule has 3 aliphatic rings. The van der Waals surface area contributed by atoms with E-state index in [-0.39, 0.29) is 29.7 Å². The van der Waals surface area contributed by atoms with Crippen molar-refractivity contribution in [2.75, 3.05) is 39.3 Å². The summed E-state index contributed by atoms with van der Waals surface area (Å²) in [4.78, 5) is 26.4. The predicted molar refractivity (Wildman–Crippen MR) is 149 cm³/mol. The van der Waals surface area contributed by atoms with E-state index in [1.807, 2.05) is 12.1 Å². The van der Waals surface area contributed by atoms with Crippen LogP contribution in [-0.2, 0) is 25.5 Å². The fourth-order valence-corrected chi connectivity index (χ4v) is 6.21. The number of aliphatic carboxylic acids is 2. The number of hydrogen-bond acceptors (Lipinski definition) is 7. The molecule has 0 bridgehead atoms. The highest BCUT2D eigenvalue weighted by atomic mass is 35.5. The average Bonchev–Trinajstić information content (AvgIpc) is 3.25. The molecule has 3 unspecified atom stereocenters. The SMILES string of the molecule is CC1COC(CCN2CCN(C3Cc4ccc(F)cc4Sc4ccc(Cl)cc43)CC2)O1.O.O=C(O)C=CC(=O)O. The molecule has 0 amide bonds. The first kappa shape index (κ1) is 32.0. The first-order chi connectivity index (χ1) is 18.7. The van der Waals surface area contributed by atoms with E-state index in [0.29, 0.717) is 18.8 Å². The Hall–Kier alpha value is -2.51. The van der Waals surface area contributed by atoms with Crippen molar-refractivity contribution in [2.24, 2.45) is 0 Å². The summed E-state index contributed by atoms with van der Waals surface area (Å²) in [6.45, 7) is 7.81. The van der Waals surface area contributed by atoms with E-state index in [2.05, 4.69) is 28.9 Å². The summed E-state index contributed by atoms with van der Waals surface area (Å²) in [6, 6.07) is 11.5. The molecule has 3 aliphatic heterocycles. The Bertz CT molecular complexity index is 1190. The molecular weight excluding hydrogens is 563 g/mol. The maximum atomic E-state index is 13.9. The Kier molecular flexibility index (Phi) is 11.9. The zero-order chi connectivity index (χ0) is 27.9. The molecule has 0 spiro atoms. The van der Waals surface area contributed by atoms with Gasteiger partial charge in [-0.25, -0.2) is 14.0 Å². The summed E-state index contributed by atoms with van der Waals surface area (Å²) < 4.78 is 25.4. The zero-order valence-corrected chi connectivity index (χ0v) is 23.7. The van der Waals surface area contributed by atoms with E-state index >= 15 is 0 Å². The third-order valence-electron chi connectivity index (χ3n) is 6.79. The van der Waals surface area contributed by atoms with Crippen LogP contribution in [0.15, 0.2) is 58.3 Å². The second kappa shape index (κ2) is 14.9. The summed E-state index contributed by atoms with van der Waals surface area (Å²) >= 11 is 8.04. The van der Waals surface area contributed by atoms with Crippen molar-refractivity contribution in [3.8, 4) is 0 Å². The second-order valence-corrected chi connectivity index (χ2v) is 11.2. The molecule has 218 valence electrons. The van der Waals surface area contributed by atoms with Gasteiger partial charge < -0.3 is 30.1 Å². The van der Waals surface area contributed by atoms with Gasteiger partial charge in [-0.2, -0.15) is 0 Å². The van der Waals surface area contributed by atoms with Gasteiger partial charge in [-0.05, 0) is 54.8 Å². The monoisotopic (exact) mass is 596 g/mol. The van der Waals surface area contributed by atoms with Crippen LogP contribution in [0.3, 0.4) is 0 Å². The third-order valence-corrected chi connectivity index (χ3v) is 8.22. The van der Waals surface area contributed by atoms with Gasteiger partial charge in [0.05, 0.1) is 12.7 Å². The molecule has 0 aromatic heterocycles. The lowest BCUT2D eigenvalue weighted by Crippen LogP contribution is -2.48. The fraction of sp³-hybridized carbons (Fsp3) is 0.429. The summed E-state index contributed by atoms with van der Waals surface area (Å²) in [6.07, 6.45) is 3.06. The Labute approximate surface area is 241 Å². The molecule has 3 atom stereocenters. The van der Waals surface area contributed by atoms with E-state index in [9.17, 15) is 14.0 Å². The highest BCUT2D eigenvalue weighted by molar-refractivity contribution is 7.99. The number of halogens is 2. The fourth-order valence-electron chi connectivity index (χ4n) is 4.89. The standard InChI is InChI=1S/C24H28ClFN2O2S.C4H4O4.H2O/c1-16-15-29-24(30-16)6-7-27-8-10-28(11-9-27)21-12-17-2-4-19(26)14-23(17)31-22-5-3-18(25)13-20(21)22;5-3(6)1-2-4(7)8;/h2-5,13-14,16,21,24H,6-12,15H2,1H3;1-2H,(H,5,6)(H,7,8);1H2. The largest absolute Gasteiger partial charge is 0.478 e. The van der Waals surface area contributed by atoms with E-state index in [4.69, 9.17) is 31.3 Å². The summed E-state index contributed by atoms with van der Waals surface area (Å²) in [5.41, 5.74) is 2.46. The van der Waals surface area contributed by atoms with E-state index in [1.165, 1.54) is 16.0 Å². The summed E-state index contributed by atoms with van der Waals surface area (Å²) in [7, 11) is 0. The molecule has 2 fully saturated rings. The Balaban J connectivity index is 0.000000431. The first-order valence-corrected chi connectivity index (χ1v) is 14.0. The number of ether oxygens (including phenoxy) is 2. The molecule has 12 heteroatoms. The molecule has 0 aliphatic carbocycles. The highest BCUT2D eigenvalue weighted by Gasteiger charge is 2.31. The zero-order valence-electron chi connectivity index (χ0n) is 22.1. The van der Waals surface area contributed by atoms with Crippen molar-refractivity contribution < 1.29 is 39.1 Å². The predicted octanol–water partition coefficient (Wildman–Crippen LogP) is 3.88. The van der Waals surface area contributed by atoms with Gasteiger partial charge in [0.2, 0.25) is 0 Å². The Morgan fingerprint density at radius 1 is 1.07 bits per heavy atom. The van der Waals surface area contributed by atoms with Crippen LogP contribution in [0.2, 0.25) is 5.02 Å². The molecule has 9 nitrogen and oxygen atoms in total. The summed E-state index contributed by atoms with van der Waals surface area (Å²) in [5.74, 6) is -2.70. The van der Waals surface area contributed by atoms with Crippen LogP contribution < -0.4 is 0 Å². The molecule has 0 saturated carbocycles. The number of carbonyl (C=O) groups is 2. The maximum Gasteiger partial charge on any atom is 0.328 e. The van der Waals surface area contributed by atoms with Crippen LogP contribution in [0.4, 0.5) is 4.39 Å². The minimum absolute atomic E-state index is 0. The lowest BCUT2D eigenvalue weighted by atomic mass is 9.96. The number of benzene rings is 2. The molecule has 2 aromatic rings. The van der Waals surface area contributed by atoms with Gasteiger partial charge in [0.25, 0.3) is 0 Å². The van der Waals surface area contributed by atoms with Crippen LogP contribution in [-0.4, -0.2) is 89.2 Å². The molecule has 0 radical (unpaired) electrons. The van der Waals surface area contributed by atoms with Gasteiger partial charge in [-0.3, -0.25) is 4.90 Å². The topological polar surface area (TPSA) is 131 Å². The number of nitrogens with zero attached hydrogens (tertiary/aromatic N) is 2. The van der Waals surface area contributed by atoms with Crippen molar-refractivity contribution >= 4 is 35.3 Å². The number of hydrogen-bond donors (Lipinski definition) is 2. The van der Waals surface area contributed by atoms with Crippen LogP contribution >= 0.6 is 23.4 Å². The van der Waals surface area contributed by atoms with Gasteiger partial charge >= 0.3 is 11.9 Å². The molecule has 3 heterocycles. The molecule has 2 saturated heterocycles. The van der Waals surface area contributed by atoms with Gasteiger partial charge in [0.1, 0.15) is 5.82 Å². The van der Waals surface area contributed by atoms with Gasteiger partial charge in [-0.15, -0.1) is 0 Å². The highest BCUT2D eigenvalue weighted by Crippen LogP contribution is 2.44. The third kappa shape index (κ3) is 9.00. The second-order valence-electron chi connectivity index (χ2n) is 9.64. The molecule has 4 N–H and O–H groups in total. The van der Waals surface area contributed by atoms with Crippen molar-refractivity contribution in [3.63, 3.8) is 0 Å². The summed E-state index contributed by atoms with van der Waals surface area (Å²) in [5, 5.41) is 16.4. The van der Waals surface area contributed by atoms with Crippen LogP contribution in [0, 0.1) is 5.82 Å². The number of piperazine rings is 1. The van der Waals surface area contributed by atoms with Crippen molar-refractivity contribution in [2.45, 2.75) is 48.0 Å². The molecule has 5 rings (SSSR count). The van der Waals surface area contributed by atoms with Crippen LogP contribution in [0.1, 0.15) is 30.5 Å². The van der Waals surface area contributed by atoms with Gasteiger partial charge in [-0.1, -0.05) is 29.4 Å². The molecular formula is C28H34ClFN2O7S. The maximum absolute atomic E-state index is 13.9. The quantitative estimate of drug-likeness (QED) is 0.477. The van der Waals surface area contributed by atoms with Crippen LogP contribution in [0.5, 0.6) is 0 Å². The first-order valence-electron chi connectivity index (χ1n) is 12.8. The van der Waals surface area contributed by atoms with Crippen molar-refractivity contribution in [3.05, 3.63) is 70.5 Å². The minimum Gasteiger partial charge on any atom is -0.478 e. The van der Waals surface area contributed by atoms with E-state index in [0.717, 1.165) is 55.5 Å². The number of fused-ring (bicyclic) bond motifs is 2. The minimum atomic E-state index is -1.26. The lowest BCUT2D eigenvalue weighted by Gasteiger charge is -2.40. The number of carboxylic acid groups (broad SMARTS) is 2.